The fraction of sp³-hybridized carbons (Fsp3) is 0. The summed E-state index contributed by atoms with van der Waals surface area (Å²) in [6, 6.07) is 17.6. The Morgan fingerprint density at radius 3 is 2.68 bits per heavy atom. The number of anilines is 1. The fourth-order valence-corrected chi connectivity index (χ4v) is 2.99. The topological polar surface area (TPSA) is 80.0 Å². The van der Waals surface area contributed by atoms with Gasteiger partial charge in [0.05, 0.1) is 10.6 Å². The Hall–Kier alpha value is -3.29. The van der Waals surface area contributed by atoms with E-state index < -0.39 is 0 Å². The molecule has 2 aromatic carbocycles. The van der Waals surface area contributed by atoms with Crippen LogP contribution in [-0.2, 0) is 0 Å². The molecule has 0 bridgehead atoms. The molecule has 0 radical (unpaired) electrons. The van der Waals surface area contributed by atoms with Gasteiger partial charge in [-0.1, -0.05) is 29.8 Å². The SMILES string of the molecule is O=C(NC(=S)Nc1ccc(Cl)c(-c2nc3ncccc3o2)c1)c1ccccc1. The highest BCUT2D eigenvalue weighted by molar-refractivity contribution is 7.80. The Morgan fingerprint density at radius 2 is 1.89 bits per heavy atom. The zero-order chi connectivity index (χ0) is 19.5. The lowest BCUT2D eigenvalue weighted by molar-refractivity contribution is 0.0977. The van der Waals surface area contributed by atoms with Crippen LogP contribution >= 0.6 is 23.8 Å². The van der Waals surface area contributed by atoms with Gasteiger partial charge >= 0.3 is 0 Å². The van der Waals surface area contributed by atoms with Gasteiger partial charge in [0.15, 0.2) is 16.3 Å². The third kappa shape index (κ3) is 3.85. The summed E-state index contributed by atoms with van der Waals surface area (Å²) in [7, 11) is 0. The van der Waals surface area contributed by atoms with Crippen LogP contribution in [0.2, 0.25) is 5.02 Å². The van der Waals surface area contributed by atoms with E-state index in [0.29, 0.717) is 39.0 Å². The first-order valence-electron chi connectivity index (χ1n) is 8.29. The largest absolute Gasteiger partial charge is 0.434 e. The quantitative estimate of drug-likeness (QED) is 0.479. The molecule has 0 aliphatic rings. The van der Waals surface area contributed by atoms with E-state index in [1.807, 2.05) is 6.07 Å². The molecule has 2 aromatic heterocycles. The van der Waals surface area contributed by atoms with Crippen molar-refractivity contribution in [3.63, 3.8) is 0 Å². The summed E-state index contributed by atoms with van der Waals surface area (Å²) >= 11 is 11.5. The van der Waals surface area contributed by atoms with Gasteiger partial charge < -0.3 is 9.73 Å². The summed E-state index contributed by atoms with van der Waals surface area (Å²) in [5.74, 6) is 0.0545. The predicted molar refractivity (Wildman–Crippen MR) is 112 cm³/mol. The molecule has 0 saturated carbocycles. The molecule has 0 aliphatic carbocycles. The van der Waals surface area contributed by atoms with Crippen LogP contribution in [0.5, 0.6) is 0 Å². The first kappa shape index (κ1) is 18.1. The Labute approximate surface area is 170 Å². The molecule has 138 valence electrons. The summed E-state index contributed by atoms with van der Waals surface area (Å²) in [6.07, 6.45) is 1.64. The minimum absolute atomic E-state index is 0.168. The van der Waals surface area contributed by atoms with Gasteiger partial charge in [-0.25, -0.2) is 4.98 Å². The highest BCUT2D eigenvalue weighted by atomic mass is 35.5. The third-order valence-electron chi connectivity index (χ3n) is 3.88. The average Bonchev–Trinajstić information content (AvgIpc) is 3.14. The second-order valence-electron chi connectivity index (χ2n) is 5.81. The molecule has 0 saturated heterocycles. The first-order valence-corrected chi connectivity index (χ1v) is 9.07. The number of carbonyl (C=O) groups is 1. The Morgan fingerprint density at radius 1 is 1.07 bits per heavy atom. The molecule has 8 heteroatoms. The molecule has 2 N–H and O–H groups in total. The molecule has 2 heterocycles. The minimum atomic E-state index is -0.294. The summed E-state index contributed by atoms with van der Waals surface area (Å²) in [6.45, 7) is 0. The van der Waals surface area contributed by atoms with Crippen molar-refractivity contribution < 1.29 is 9.21 Å². The van der Waals surface area contributed by atoms with E-state index in [2.05, 4.69) is 20.6 Å². The van der Waals surface area contributed by atoms with Gasteiger partial charge in [0.25, 0.3) is 5.91 Å². The Bertz CT molecular complexity index is 1140. The molecule has 0 aliphatic heterocycles. The standard InChI is InChI=1S/C20H13ClN4O2S/c21-15-9-8-13(23-20(28)25-18(26)12-5-2-1-3-6-12)11-14(15)19-24-17-16(27-19)7-4-10-22-17/h1-11H,(H2,23,25,26,28). The van der Waals surface area contributed by atoms with Gasteiger partial charge in [0.2, 0.25) is 5.89 Å². The minimum Gasteiger partial charge on any atom is -0.434 e. The van der Waals surface area contributed by atoms with Crippen LogP contribution in [0.15, 0.2) is 71.3 Å². The van der Waals surface area contributed by atoms with Crippen molar-refractivity contribution in [2.24, 2.45) is 0 Å². The molecule has 6 nitrogen and oxygen atoms in total. The maximum absolute atomic E-state index is 12.2. The molecule has 0 atom stereocenters. The number of thiocarbonyl (C=S) groups is 1. The van der Waals surface area contributed by atoms with Crippen molar-refractivity contribution in [1.29, 1.82) is 0 Å². The van der Waals surface area contributed by atoms with Crippen LogP contribution in [0.25, 0.3) is 22.7 Å². The summed E-state index contributed by atoms with van der Waals surface area (Å²) < 4.78 is 5.73. The number of rotatable bonds is 3. The van der Waals surface area contributed by atoms with Crippen LogP contribution in [0, 0.1) is 0 Å². The van der Waals surface area contributed by atoms with Crippen molar-refractivity contribution in [1.82, 2.24) is 15.3 Å². The molecular weight excluding hydrogens is 396 g/mol. The fourth-order valence-electron chi connectivity index (χ4n) is 2.58. The summed E-state index contributed by atoms with van der Waals surface area (Å²) in [5, 5.41) is 6.25. The average molecular weight is 409 g/mol. The number of carbonyl (C=O) groups excluding carboxylic acids is 1. The lowest BCUT2D eigenvalue weighted by atomic mass is 10.2. The maximum Gasteiger partial charge on any atom is 0.257 e. The van der Waals surface area contributed by atoms with E-state index >= 15 is 0 Å². The number of hydrogen-bond acceptors (Lipinski definition) is 5. The monoisotopic (exact) mass is 408 g/mol. The van der Waals surface area contributed by atoms with Crippen LogP contribution in [0.1, 0.15) is 10.4 Å². The van der Waals surface area contributed by atoms with Crippen molar-refractivity contribution in [2.75, 3.05) is 5.32 Å². The number of nitrogens with zero attached hydrogens (tertiary/aromatic N) is 2. The lowest BCUT2D eigenvalue weighted by Gasteiger charge is -2.11. The lowest BCUT2D eigenvalue weighted by Crippen LogP contribution is -2.34. The molecule has 1 amide bonds. The Kier molecular flexibility index (Phi) is 5.01. The van der Waals surface area contributed by atoms with E-state index in [-0.39, 0.29) is 11.0 Å². The van der Waals surface area contributed by atoms with Gasteiger partial charge in [0, 0.05) is 17.4 Å². The number of oxazole rings is 1. The zero-order valence-electron chi connectivity index (χ0n) is 14.3. The Balaban J connectivity index is 1.53. The number of pyridine rings is 1. The summed E-state index contributed by atoms with van der Waals surface area (Å²) in [4.78, 5) is 20.7. The van der Waals surface area contributed by atoms with Crippen LogP contribution in [0.4, 0.5) is 5.69 Å². The molecule has 28 heavy (non-hydrogen) atoms. The second-order valence-corrected chi connectivity index (χ2v) is 6.63. The second kappa shape index (κ2) is 7.75. The van der Waals surface area contributed by atoms with Crippen LogP contribution in [-0.4, -0.2) is 21.0 Å². The number of benzene rings is 2. The van der Waals surface area contributed by atoms with E-state index in [9.17, 15) is 4.79 Å². The highest BCUT2D eigenvalue weighted by Gasteiger charge is 2.14. The molecule has 4 rings (SSSR count). The van der Waals surface area contributed by atoms with E-state index in [1.165, 1.54) is 0 Å². The van der Waals surface area contributed by atoms with Crippen molar-refractivity contribution in [3.8, 4) is 11.5 Å². The smallest absolute Gasteiger partial charge is 0.257 e. The molecule has 0 fully saturated rings. The van der Waals surface area contributed by atoms with Crippen LogP contribution in [0.3, 0.4) is 0 Å². The molecule has 4 aromatic rings. The van der Waals surface area contributed by atoms with E-state index in [0.717, 1.165) is 0 Å². The molecule has 0 unspecified atom stereocenters. The van der Waals surface area contributed by atoms with E-state index in [1.54, 1.807) is 60.8 Å². The molecular formula is C20H13ClN4O2S. The number of halogens is 1. The number of aromatic nitrogens is 2. The predicted octanol–water partition coefficient (Wildman–Crippen LogP) is 4.67. The van der Waals surface area contributed by atoms with E-state index in [4.69, 9.17) is 28.2 Å². The van der Waals surface area contributed by atoms with Crippen molar-refractivity contribution >= 4 is 51.8 Å². The van der Waals surface area contributed by atoms with Gasteiger partial charge in [-0.3, -0.25) is 10.1 Å². The zero-order valence-corrected chi connectivity index (χ0v) is 15.9. The normalized spacial score (nSPS) is 10.6. The summed E-state index contributed by atoms with van der Waals surface area (Å²) in [5.41, 5.74) is 2.80. The van der Waals surface area contributed by atoms with Crippen molar-refractivity contribution in [2.45, 2.75) is 0 Å². The number of amides is 1. The highest BCUT2D eigenvalue weighted by Crippen LogP contribution is 2.31. The van der Waals surface area contributed by atoms with Crippen molar-refractivity contribution in [3.05, 3.63) is 77.4 Å². The van der Waals surface area contributed by atoms with Gasteiger partial charge in [-0.2, -0.15) is 4.98 Å². The first-order chi connectivity index (χ1) is 13.6. The third-order valence-corrected chi connectivity index (χ3v) is 4.42. The van der Waals surface area contributed by atoms with Gasteiger partial charge in [0.1, 0.15) is 0 Å². The van der Waals surface area contributed by atoms with Crippen LogP contribution < -0.4 is 10.6 Å². The van der Waals surface area contributed by atoms with Gasteiger partial charge in [-0.15, -0.1) is 0 Å². The number of nitrogens with one attached hydrogen (secondary N) is 2. The van der Waals surface area contributed by atoms with Gasteiger partial charge in [-0.05, 0) is 54.7 Å². The maximum atomic E-state index is 12.2. The number of hydrogen-bond donors (Lipinski definition) is 2. The number of fused-ring (bicyclic) bond motifs is 1. The molecule has 0 spiro atoms.